The molecule has 0 fully saturated rings. The number of ether oxygens (including phenoxy) is 1. The number of anilines is 1. The van der Waals surface area contributed by atoms with Crippen LogP contribution in [0.15, 0.2) is 48.5 Å². The van der Waals surface area contributed by atoms with Gasteiger partial charge in [-0.3, -0.25) is 14.4 Å². The fraction of sp³-hybridized carbons (Fsp3) is 0.318. The lowest BCUT2D eigenvalue weighted by molar-refractivity contribution is -0.146. The molecule has 0 saturated carbocycles. The van der Waals surface area contributed by atoms with Gasteiger partial charge in [0.1, 0.15) is 0 Å². The van der Waals surface area contributed by atoms with E-state index in [9.17, 15) is 27.6 Å². The van der Waals surface area contributed by atoms with E-state index < -0.39 is 30.2 Å². The molecule has 2 aromatic rings. The van der Waals surface area contributed by atoms with E-state index in [1.165, 1.54) is 12.1 Å². The number of alkyl halides is 3. The molecule has 2 N–H and O–H groups in total. The van der Waals surface area contributed by atoms with Crippen LogP contribution in [0.5, 0.6) is 0 Å². The van der Waals surface area contributed by atoms with Crippen LogP contribution in [-0.4, -0.2) is 30.9 Å². The normalized spacial score (nSPS) is 11.2. The van der Waals surface area contributed by atoms with E-state index in [0.29, 0.717) is 12.1 Å². The maximum atomic E-state index is 12.6. The van der Waals surface area contributed by atoms with Crippen LogP contribution in [0.3, 0.4) is 0 Å². The minimum atomic E-state index is -4.46. The zero-order valence-electron chi connectivity index (χ0n) is 17.1. The quantitative estimate of drug-likeness (QED) is 0.617. The van der Waals surface area contributed by atoms with Crippen LogP contribution < -0.4 is 10.6 Å². The summed E-state index contributed by atoms with van der Waals surface area (Å²) in [6, 6.07) is 10.5. The first kappa shape index (κ1) is 23.9. The van der Waals surface area contributed by atoms with E-state index in [2.05, 4.69) is 10.6 Å². The van der Waals surface area contributed by atoms with Crippen molar-refractivity contribution >= 4 is 23.5 Å². The average Bonchev–Trinajstić information content (AvgIpc) is 2.70. The van der Waals surface area contributed by atoms with Crippen molar-refractivity contribution in [3.8, 4) is 0 Å². The summed E-state index contributed by atoms with van der Waals surface area (Å²) in [5.74, 6) is -1.50. The Labute approximate surface area is 177 Å². The van der Waals surface area contributed by atoms with E-state index in [1.807, 2.05) is 13.8 Å². The molecular weight excluding hydrogens is 413 g/mol. The number of rotatable bonds is 8. The van der Waals surface area contributed by atoms with Crippen molar-refractivity contribution in [3.05, 3.63) is 65.2 Å². The molecule has 0 aliphatic rings. The van der Waals surface area contributed by atoms with Crippen LogP contribution in [0, 0.1) is 5.92 Å². The largest absolute Gasteiger partial charge is 0.455 e. The Bertz CT molecular complexity index is 925. The molecule has 31 heavy (non-hydrogen) atoms. The number of halogens is 3. The van der Waals surface area contributed by atoms with Gasteiger partial charge in [-0.15, -0.1) is 0 Å². The summed E-state index contributed by atoms with van der Waals surface area (Å²) in [6.07, 6.45) is -4.74. The number of amides is 2. The van der Waals surface area contributed by atoms with Gasteiger partial charge in [0.05, 0.1) is 23.2 Å². The zero-order chi connectivity index (χ0) is 23.0. The number of carbonyl (C=O) groups excluding carboxylic acids is 3. The van der Waals surface area contributed by atoms with Crippen molar-refractivity contribution in [1.29, 1.82) is 0 Å². The maximum Gasteiger partial charge on any atom is 0.416 e. The number of nitrogens with one attached hydrogen (secondary N) is 2. The second kappa shape index (κ2) is 10.6. The number of benzene rings is 2. The van der Waals surface area contributed by atoms with Gasteiger partial charge in [0, 0.05) is 6.54 Å². The molecule has 0 saturated heterocycles. The topological polar surface area (TPSA) is 84.5 Å². The van der Waals surface area contributed by atoms with Crippen LogP contribution in [0.2, 0.25) is 0 Å². The van der Waals surface area contributed by atoms with Gasteiger partial charge < -0.3 is 15.4 Å². The molecule has 0 unspecified atom stereocenters. The fourth-order valence-electron chi connectivity index (χ4n) is 2.54. The zero-order valence-corrected chi connectivity index (χ0v) is 17.1. The Balaban J connectivity index is 1.88. The van der Waals surface area contributed by atoms with Gasteiger partial charge in [0.15, 0.2) is 6.61 Å². The Hall–Kier alpha value is -3.36. The second-order valence-corrected chi connectivity index (χ2v) is 7.23. The summed E-state index contributed by atoms with van der Waals surface area (Å²) < 4.78 is 42.6. The standard InChI is InChI=1S/C22H23F3N2O4/c1-14(2)12-26-21(30)17-5-3-4-6-18(17)27-19(28)13-31-20(29)11-15-7-9-16(10-8-15)22(23,24)25/h3-10,14H,11-13H2,1-2H3,(H,26,30)(H,27,28). The summed E-state index contributed by atoms with van der Waals surface area (Å²) in [5, 5.41) is 5.28. The van der Waals surface area contributed by atoms with Crippen molar-refractivity contribution in [3.63, 3.8) is 0 Å². The second-order valence-electron chi connectivity index (χ2n) is 7.23. The maximum absolute atomic E-state index is 12.6. The van der Waals surface area contributed by atoms with Crippen molar-refractivity contribution in [2.24, 2.45) is 5.92 Å². The van der Waals surface area contributed by atoms with Gasteiger partial charge in [-0.2, -0.15) is 13.2 Å². The van der Waals surface area contributed by atoms with Crippen LogP contribution >= 0.6 is 0 Å². The molecule has 166 valence electrons. The molecular formula is C22H23F3N2O4. The lowest BCUT2D eigenvalue weighted by Gasteiger charge is -2.12. The van der Waals surface area contributed by atoms with Gasteiger partial charge in [0.2, 0.25) is 0 Å². The van der Waals surface area contributed by atoms with Crippen molar-refractivity contribution < 1.29 is 32.3 Å². The summed E-state index contributed by atoms with van der Waals surface area (Å²) in [7, 11) is 0. The van der Waals surface area contributed by atoms with E-state index in [1.54, 1.807) is 24.3 Å². The third kappa shape index (κ3) is 7.76. The highest BCUT2D eigenvalue weighted by atomic mass is 19.4. The van der Waals surface area contributed by atoms with E-state index in [0.717, 1.165) is 12.1 Å². The van der Waals surface area contributed by atoms with Crippen molar-refractivity contribution in [1.82, 2.24) is 5.32 Å². The minimum Gasteiger partial charge on any atom is -0.455 e. The number of para-hydroxylation sites is 1. The smallest absolute Gasteiger partial charge is 0.416 e. The van der Waals surface area contributed by atoms with Gasteiger partial charge >= 0.3 is 12.1 Å². The molecule has 0 radical (unpaired) electrons. The molecule has 2 amide bonds. The molecule has 0 aliphatic heterocycles. The Morgan fingerprint density at radius 2 is 1.65 bits per heavy atom. The van der Waals surface area contributed by atoms with Crippen LogP contribution in [0.4, 0.5) is 18.9 Å². The molecule has 2 rings (SSSR count). The minimum absolute atomic E-state index is 0.259. The highest BCUT2D eigenvalue weighted by Gasteiger charge is 2.30. The predicted octanol–water partition coefficient (Wildman–Crippen LogP) is 3.82. The van der Waals surface area contributed by atoms with Crippen LogP contribution in [0.25, 0.3) is 0 Å². The van der Waals surface area contributed by atoms with Crippen molar-refractivity contribution in [2.45, 2.75) is 26.4 Å². The molecule has 0 spiro atoms. The first-order valence-electron chi connectivity index (χ1n) is 9.55. The van der Waals surface area contributed by atoms with Gasteiger partial charge in [-0.25, -0.2) is 0 Å². The van der Waals surface area contributed by atoms with Gasteiger partial charge in [0.25, 0.3) is 11.8 Å². The SMILES string of the molecule is CC(C)CNC(=O)c1ccccc1NC(=O)COC(=O)Cc1ccc(C(F)(F)F)cc1. The number of hydrogen-bond donors (Lipinski definition) is 2. The number of hydrogen-bond acceptors (Lipinski definition) is 4. The third-order valence-corrected chi connectivity index (χ3v) is 4.11. The summed E-state index contributed by atoms with van der Waals surface area (Å²) in [5.41, 5.74) is 0.0470. The average molecular weight is 436 g/mol. The van der Waals surface area contributed by atoms with E-state index >= 15 is 0 Å². The Morgan fingerprint density at radius 1 is 1.00 bits per heavy atom. The highest BCUT2D eigenvalue weighted by Crippen LogP contribution is 2.29. The first-order chi connectivity index (χ1) is 14.6. The van der Waals surface area contributed by atoms with Crippen LogP contribution in [0.1, 0.15) is 35.3 Å². The number of esters is 1. The van der Waals surface area contributed by atoms with Gasteiger partial charge in [-0.05, 0) is 35.7 Å². The molecule has 9 heteroatoms. The molecule has 6 nitrogen and oxygen atoms in total. The molecule has 0 heterocycles. The van der Waals surface area contributed by atoms with E-state index in [-0.39, 0.29) is 29.5 Å². The summed E-state index contributed by atoms with van der Waals surface area (Å²) in [4.78, 5) is 36.3. The number of carbonyl (C=O) groups is 3. The lowest BCUT2D eigenvalue weighted by atomic mass is 10.1. The molecule has 2 aromatic carbocycles. The Morgan fingerprint density at radius 3 is 2.26 bits per heavy atom. The molecule has 0 aliphatic carbocycles. The van der Waals surface area contributed by atoms with Crippen molar-refractivity contribution in [2.75, 3.05) is 18.5 Å². The molecule has 0 aromatic heterocycles. The Kier molecular flexibility index (Phi) is 8.18. The van der Waals surface area contributed by atoms with E-state index in [4.69, 9.17) is 4.74 Å². The molecule has 0 atom stereocenters. The summed E-state index contributed by atoms with van der Waals surface area (Å²) >= 11 is 0. The van der Waals surface area contributed by atoms with Gasteiger partial charge in [-0.1, -0.05) is 38.1 Å². The monoisotopic (exact) mass is 436 g/mol. The first-order valence-corrected chi connectivity index (χ1v) is 9.55. The molecule has 0 bridgehead atoms. The van der Waals surface area contributed by atoms with Crippen LogP contribution in [-0.2, 0) is 26.9 Å². The lowest BCUT2D eigenvalue weighted by Crippen LogP contribution is -2.29. The fourth-order valence-corrected chi connectivity index (χ4v) is 2.54. The predicted molar refractivity (Wildman–Crippen MR) is 108 cm³/mol. The highest BCUT2D eigenvalue weighted by molar-refractivity contribution is 6.04. The summed E-state index contributed by atoms with van der Waals surface area (Å²) in [6.45, 7) is 3.78. The third-order valence-electron chi connectivity index (χ3n) is 4.11.